The van der Waals surface area contributed by atoms with Gasteiger partial charge in [0.25, 0.3) is 0 Å². The van der Waals surface area contributed by atoms with Gasteiger partial charge in [0.2, 0.25) is 5.89 Å². The Kier molecular flexibility index (Phi) is 4.38. The summed E-state index contributed by atoms with van der Waals surface area (Å²) in [7, 11) is 1.51. The highest BCUT2D eigenvalue weighted by Crippen LogP contribution is 2.20. The average Bonchev–Trinajstić information content (AvgIpc) is 3.09. The lowest BCUT2D eigenvalue weighted by molar-refractivity contribution is 0.0464. The van der Waals surface area contributed by atoms with Crippen LogP contribution in [0, 0.1) is 0 Å². The quantitative estimate of drug-likeness (QED) is 0.672. The summed E-state index contributed by atoms with van der Waals surface area (Å²) in [4.78, 5) is 16.4. The fourth-order valence-electron chi connectivity index (χ4n) is 2.12. The fourth-order valence-corrected chi connectivity index (χ4v) is 2.12. The van der Waals surface area contributed by atoms with E-state index in [1.807, 2.05) is 30.3 Å². The van der Waals surface area contributed by atoms with Crippen molar-refractivity contribution in [2.45, 2.75) is 6.61 Å². The number of para-hydroxylation sites is 1. The zero-order valence-corrected chi connectivity index (χ0v) is 12.6. The van der Waals surface area contributed by atoms with Crippen LogP contribution >= 0.6 is 0 Å². The van der Waals surface area contributed by atoms with Crippen LogP contribution in [0.1, 0.15) is 16.1 Å². The number of ether oxygens (including phenoxy) is 2. The molecule has 0 spiro atoms. The molecule has 3 rings (SSSR count). The zero-order valence-electron chi connectivity index (χ0n) is 12.6. The number of esters is 1. The van der Waals surface area contributed by atoms with Crippen LogP contribution in [-0.4, -0.2) is 18.1 Å². The summed E-state index contributed by atoms with van der Waals surface area (Å²) < 4.78 is 15.8. The summed E-state index contributed by atoms with van der Waals surface area (Å²) in [5.41, 5.74) is 1.80. The second-order valence-electron chi connectivity index (χ2n) is 4.79. The first kappa shape index (κ1) is 14.8. The summed E-state index contributed by atoms with van der Waals surface area (Å²) >= 11 is 0. The van der Waals surface area contributed by atoms with E-state index in [1.165, 1.54) is 13.4 Å². The van der Waals surface area contributed by atoms with Crippen LogP contribution in [0.25, 0.3) is 11.5 Å². The van der Waals surface area contributed by atoms with Crippen LogP contribution in [0.5, 0.6) is 5.75 Å². The number of methoxy groups -OCH3 is 1. The minimum absolute atomic E-state index is 0.0349. The Morgan fingerprint density at radius 3 is 2.61 bits per heavy atom. The van der Waals surface area contributed by atoms with Crippen molar-refractivity contribution in [3.63, 3.8) is 0 Å². The smallest absolute Gasteiger partial charge is 0.342 e. The average molecular weight is 309 g/mol. The molecule has 5 nitrogen and oxygen atoms in total. The van der Waals surface area contributed by atoms with Gasteiger partial charge < -0.3 is 13.9 Å². The molecule has 23 heavy (non-hydrogen) atoms. The number of aromatic nitrogens is 1. The maximum Gasteiger partial charge on any atom is 0.342 e. The van der Waals surface area contributed by atoms with E-state index in [0.717, 1.165) is 5.56 Å². The van der Waals surface area contributed by atoms with Crippen LogP contribution in [0.4, 0.5) is 0 Å². The molecule has 116 valence electrons. The van der Waals surface area contributed by atoms with Gasteiger partial charge in [-0.15, -0.1) is 0 Å². The monoisotopic (exact) mass is 309 g/mol. The SMILES string of the molecule is COc1ccccc1C(=O)OCc1coc(-c2ccccc2)n1. The zero-order chi connectivity index (χ0) is 16.1. The number of hydrogen-bond donors (Lipinski definition) is 0. The summed E-state index contributed by atoms with van der Waals surface area (Å²) in [5.74, 6) is 0.503. The number of benzene rings is 2. The van der Waals surface area contributed by atoms with Gasteiger partial charge in [-0.25, -0.2) is 9.78 Å². The largest absolute Gasteiger partial charge is 0.496 e. The first-order chi connectivity index (χ1) is 11.3. The van der Waals surface area contributed by atoms with Crippen LogP contribution < -0.4 is 4.74 Å². The summed E-state index contributed by atoms with van der Waals surface area (Å²) in [6.07, 6.45) is 1.48. The maximum atomic E-state index is 12.1. The van der Waals surface area contributed by atoms with Gasteiger partial charge in [-0.3, -0.25) is 0 Å². The summed E-state index contributed by atoms with van der Waals surface area (Å²) in [5, 5.41) is 0. The normalized spacial score (nSPS) is 10.3. The van der Waals surface area contributed by atoms with Crippen LogP contribution in [-0.2, 0) is 11.3 Å². The van der Waals surface area contributed by atoms with E-state index in [2.05, 4.69) is 4.98 Å². The molecule has 1 heterocycles. The standard InChI is InChI=1S/C18H15NO4/c1-21-16-10-6-5-9-15(16)18(20)23-12-14-11-22-17(19-14)13-7-3-2-4-8-13/h2-11H,12H2,1H3. The maximum absolute atomic E-state index is 12.1. The van der Waals surface area contributed by atoms with Gasteiger partial charge in [0.1, 0.15) is 29.9 Å². The Morgan fingerprint density at radius 2 is 1.83 bits per heavy atom. The molecule has 1 aromatic heterocycles. The molecule has 2 aromatic carbocycles. The van der Waals surface area contributed by atoms with Crippen LogP contribution in [0.3, 0.4) is 0 Å². The van der Waals surface area contributed by atoms with E-state index in [9.17, 15) is 4.79 Å². The van der Waals surface area contributed by atoms with Crippen LogP contribution in [0.15, 0.2) is 65.3 Å². The molecule has 0 saturated heterocycles. The van der Waals surface area contributed by atoms with Crippen molar-refractivity contribution in [1.29, 1.82) is 0 Å². The van der Waals surface area contributed by atoms with Crippen LogP contribution in [0.2, 0.25) is 0 Å². The molecule has 3 aromatic rings. The number of oxazole rings is 1. The van der Waals surface area contributed by atoms with Gasteiger partial charge in [-0.05, 0) is 24.3 Å². The fraction of sp³-hybridized carbons (Fsp3) is 0.111. The summed E-state index contributed by atoms with van der Waals surface area (Å²) in [6.45, 7) is 0.0349. The van der Waals surface area contributed by atoms with Gasteiger partial charge in [-0.2, -0.15) is 0 Å². The van der Waals surface area contributed by atoms with Gasteiger partial charge in [0.05, 0.1) is 7.11 Å². The minimum Gasteiger partial charge on any atom is -0.496 e. The highest BCUT2D eigenvalue weighted by molar-refractivity contribution is 5.92. The lowest BCUT2D eigenvalue weighted by Crippen LogP contribution is -2.07. The van der Waals surface area contributed by atoms with Crippen molar-refractivity contribution in [3.05, 3.63) is 72.1 Å². The van der Waals surface area contributed by atoms with Crippen molar-refractivity contribution in [3.8, 4) is 17.2 Å². The van der Waals surface area contributed by atoms with Gasteiger partial charge in [0.15, 0.2) is 0 Å². The third-order valence-corrected chi connectivity index (χ3v) is 3.25. The molecule has 0 aliphatic rings. The van der Waals surface area contributed by atoms with Gasteiger partial charge >= 0.3 is 5.97 Å². The molecule has 0 amide bonds. The van der Waals surface area contributed by atoms with Gasteiger partial charge in [0, 0.05) is 5.56 Å². The van der Waals surface area contributed by atoms with E-state index >= 15 is 0 Å². The second-order valence-corrected chi connectivity index (χ2v) is 4.79. The number of carbonyl (C=O) groups is 1. The molecule has 0 fully saturated rings. The van der Waals surface area contributed by atoms with Crippen molar-refractivity contribution in [1.82, 2.24) is 4.98 Å². The topological polar surface area (TPSA) is 61.6 Å². The van der Waals surface area contributed by atoms with Crippen molar-refractivity contribution >= 4 is 5.97 Å². The number of carbonyl (C=O) groups excluding carboxylic acids is 1. The third kappa shape index (κ3) is 3.40. The molecular formula is C18H15NO4. The Bertz CT molecular complexity index is 796. The predicted octanol–water partition coefficient (Wildman–Crippen LogP) is 3.71. The molecule has 0 bridgehead atoms. The molecule has 0 aliphatic carbocycles. The molecule has 5 heteroatoms. The number of rotatable bonds is 5. The molecule has 0 N–H and O–H groups in total. The highest BCUT2D eigenvalue weighted by atomic mass is 16.5. The highest BCUT2D eigenvalue weighted by Gasteiger charge is 2.14. The predicted molar refractivity (Wildman–Crippen MR) is 84.1 cm³/mol. The van der Waals surface area contributed by atoms with Gasteiger partial charge in [-0.1, -0.05) is 30.3 Å². The van der Waals surface area contributed by atoms with Crippen molar-refractivity contribution in [2.75, 3.05) is 7.11 Å². The minimum atomic E-state index is -0.466. The molecule has 0 radical (unpaired) electrons. The number of hydrogen-bond acceptors (Lipinski definition) is 5. The lowest BCUT2D eigenvalue weighted by Gasteiger charge is -2.07. The Balaban J connectivity index is 1.67. The third-order valence-electron chi connectivity index (χ3n) is 3.25. The molecule has 0 atom stereocenters. The number of nitrogens with zero attached hydrogens (tertiary/aromatic N) is 1. The van der Waals surface area contributed by atoms with E-state index in [4.69, 9.17) is 13.9 Å². The van der Waals surface area contributed by atoms with E-state index < -0.39 is 5.97 Å². The lowest BCUT2D eigenvalue weighted by atomic mass is 10.2. The molecular weight excluding hydrogens is 294 g/mol. The molecule has 0 unspecified atom stereocenters. The Hall–Kier alpha value is -3.08. The molecule has 0 saturated carbocycles. The summed E-state index contributed by atoms with van der Waals surface area (Å²) in [6, 6.07) is 16.4. The first-order valence-corrected chi connectivity index (χ1v) is 7.08. The second kappa shape index (κ2) is 6.79. The Morgan fingerprint density at radius 1 is 1.09 bits per heavy atom. The Labute approximate surface area is 133 Å². The van der Waals surface area contributed by atoms with Crippen molar-refractivity contribution < 1.29 is 18.7 Å². The van der Waals surface area contributed by atoms with E-state index in [0.29, 0.717) is 22.9 Å². The molecule has 0 aliphatic heterocycles. The first-order valence-electron chi connectivity index (χ1n) is 7.08. The van der Waals surface area contributed by atoms with Crippen molar-refractivity contribution in [2.24, 2.45) is 0 Å². The van der Waals surface area contributed by atoms with E-state index in [-0.39, 0.29) is 6.61 Å². The van der Waals surface area contributed by atoms with E-state index in [1.54, 1.807) is 24.3 Å².